The molecule has 0 saturated heterocycles. The van der Waals surface area contributed by atoms with Crippen LogP contribution in [0.2, 0.25) is 0 Å². The molecule has 0 radical (unpaired) electrons. The van der Waals surface area contributed by atoms with Crippen LogP contribution >= 0.6 is 0 Å². The van der Waals surface area contributed by atoms with Gasteiger partial charge in [-0.25, -0.2) is 4.79 Å². The molecule has 0 spiro atoms. The Bertz CT molecular complexity index is 374. The lowest BCUT2D eigenvalue weighted by Gasteiger charge is -2.11. The maximum absolute atomic E-state index is 10.7. The van der Waals surface area contributed by atoms with Crippen LogP contribution < -0.4 is 10.1 Å². The summed E-state index contributed by atoms with van der Waals surface area (Å²) in [6.07, 6.45) is 2.17. The number of nitrogens with one attached hydrogen (secondary N) is 1. The zero-order valence-corrected chi connectivity index (χ0v) is 9.26. The summed E-state index contributed by atoms with van der Waals surface area (Å²) >= 11 is 0. The fraction of sp³-hybridized carbons (Fsp3) is 0.364. The molecule has 3 N–H and O–H groups in total. The highest BCUT2D eigenvalue weighted by Gasteiger charge is 2.16. The Hall–Kier alpha value is -1.79. The normalized spacial score (nSPS) is 12.1. The second-order valence-electron chi connectivity index (χ2n) is 3.33. The summed E-state index contributed by atoms with van der Waals surface area (Å²) in [5, 5.41) is 21.2. The van der Waals surface area contributed by atoms with E-state index in [1.54, 1.807) is 6.08 Å². The second kappa shape index (κ2) is 6.72. The molecule has 1 aromatic heterocycles. The molecule has 1 heterocycles. The van der Waals surface area contributed by atoms with Crippen LogP contribution in [-0.4, -0.2) is 42.0 Å². The van der Waals surface area contributed by atoms with E-state index in [4.69, 9.17) is 14.3 Å². The highest BCUT2D eigenvalue weighted by atomic mass is 16.5. The summed E-state index contributed by atoms with van der Waals surface area (Å²) in [5.41, 5.74) is 0. The second-order valence-corrected chi connectivity index (χ2v) is 3.33. The van der Waals surface area contributed by atoms with Gasteiger partial charge in [0.05, 0.1) is 6.26 Å². The van der Waals surface area contributed by atoms with Crippen molar-refractivity contribution >= 4 is 5.97 Å². The molecule has 0 aliphatic carbocycles. The Morgan fingerprint density at radius 2 is 2.47 bits per heavy atom. The van der Waals surface area contributed by atoms with E-state index in [1.165, 1.54) is 12.3 Å². The molecule has 17 heavy (non-hydrogen) atoms. The first kappa shape index (κ1) is 13.3. The van der Waals surface area contributed by atoms with Crippen LogP contribution in [0.5, 0.6) is 5.75 Å². The van der Waals surface area contributed by atoms with Gasteiger partial charge in [0, 0.05) is 19.2 Å². The third kappa shape index (κ3) is 4.29. The fourth-order valence-corrected chi connectivity index (χ4v) is 1.16. The number of carbonyl (C=O) groups is 1. The molecule has 1 aromatic rings. The van der Waals surface area contributed by atoms with E-state index in [0.29, 0.717) is 13.1 Å². The van der Waals surface area contributed by atoms with E-state index in [2.05, 4.69) is 11.9 Å². The number of rotatable bonds is 8. The fourth-order valence-electron chi connectivity index (χ4n) is 1.16. The van der Waals surface area contributed by atoms with Gasteiger partial charge in [0.15, 0.2) is 5.75 Å². The average Bonchev–Trinajstić information content (AvgIpc) is 2.75. The molecule has 1 atom stereocenters. The first-order chi connectivity index (χ1) is 8.15. The minimum Gasteiger partial charge on any atom is -0.487 e. The lowest BCUT2D eigenvalue weighted by atomic mass is 10.3. The van der Waals surface area contributed by atoms with Gasteiger partial charge >= 0.3 is 5.97 Å². The highest BCUT2D eigenvalue weighted by Crippen LogP contribution is 2.19. The third-order valence-electron chi connectivity index (χ3n) is 1.92. The number of ether oxygens (including phenoxy) is 1. The predicted octanol–water partition coefficient (Wildman–Crippen LogP) is 0.493. The summed E-state index contributed by atoms with van der Waals surface area (Å²) in [6.45, 7) is 4.44. The number of furan rings is 1. The molecule has 6 nitrogen and oxygen atoms in total. The number of carboxylic acids is 1. The molecule has 0 fully saturated rings. The quantitative estimate of drug-likeness (QED) is 0.453. The highest BCUT2D eigenvalue weighted by molar-refractivity contribution is 5.87. The minimum atomic E-state index is -1.20. The Morgan fingerprint density at radius 1 is 1.71 bits per heavy atom. The SMILES string of the molecule is C=CCNCC(O)COc1ccoc1C(=O)O. The van der Waals surface area contributed by atoms with E-state index in [0.717, 1.165) is 0 Å². The van der Waals surface area contributed by atoms with Gasteiger partial charge in [-0.3, -0.25) is 0 Å². The third-order valence-corrected chi connectivity index (χ3v) is 1.92. The summed E-state index contributed by atoms with van der Waals surface area (Å²) in [4.78, 5) is 10.7. The molecular weight excluding hydrogens is 226 g/mol. The van der Waals surface area contributed by atoms with Crippen LogP contribution in [0.25, 0.3) is 0 Å². The van der Waals surface area contributed by atoms with Crippen molar-refractivity contribution in [3.63, 3.8) is 0 Å². The average molecular weight is 241 g/mol. The molecular formula is C11H15NO5. The monoisotopic (exact) mass is 241 g/mol. The van der Waals surface area contributed by atoms with Crippen LogP contribution in [0, 0.1) is 0 Å². The van der Waals surface area contributed by atoms with Crippen LogP contribution in [0.3, 0.4) is 0 Å². The van der Waals surface area contributed by atoms with Gasteiger partial charge in [0.2, 0.25) is 0 Å². The Balaban J connectivity index is 2.36. The molecule has 0 aromatic carbocycles. The van der Waals surface area contributed by atoms with Crippen molar-refractivity contribution in [3.8, 4) is 5.75 Å². The van der Waals surface area contributed by atoms with E-state index in [9.17, 15) is 9.90 Å². The largest absolute Gasteiger partial charge is 0.487 e. The van der Waals surface area contributed by atoms with Crippen LogP contribution in [0.4, 0.5) is 0 Å². The predicted molar refractivity (Wildman–Crippen MR) is 60.2 cm³/mol. The summed E-state index contributed by atoms with van der Waals surface area (Å²) in [6, 6.07) is 1.40. The molecule has 0 saturated carbocycles. The van der Waals surface area contributed by atoms with Crippen molar-refractivity contribution in [2.24, 2.45) is 0 Å². The van der Waals surface area contributed by atoms with Crippen LogP contribution in [0.1, 0.15) is 10.6 Å². The Morgan fingerprint density at radius 3 is 3.12 bits per heavy atom. The molecule has 0 amide bonds. The summed E-state index contributed by atoms with van der Waals surface area (Å²) < 4.78 is 9.86. The van der Waals surface area contributed by atoms with Gasteiger partial charge in [0.25, 0.3) is 5.76 Å². The van der Waals surface area contributed by atoms with Gasteiger partial charge in [-0.1, -0.05) is 6.08 Å². The van der Waals surface area contributed by atoms with Gasteiger partial charge < -0.3 is 24.7 Å². The summed E-state index contributed by atoms with van der Waals surface area (Å²) in [7, 11) is 0. The van der Waals surface area contributed by atoms with E-state index < -0.39 is 12.1 Å². The van der Waals surface area contributed by atoms with Crippen molar-refractivity contribution in [1.82, 2.24) is 5.32 Å². The maximum Gasteiger partial charge on any atom is 0.375 e. The number of hydrogen-bond donors (Lipinski definition) is 3. The van der Waals surface area contributed by atoms with Crippen molar-refractivity contribution in [3.05, 3.63) is 30.7 Å². The Labute approximate surface area is 98.5 Å². The van der Waals surface area contributed by atoms with Crippen molar-refractivity contribution in [1.29, 1.82) is 0 Å². The van der Waals surface area contributed by atoms with Crippen LogP contribution in [0.15, 0.2) is 29.4 Å². The van der Waals surface area contributed by atoms with E-state index in [-0.39, 0.29) is 18.1 Å². The molecule has 1 rings (SSSR count). The molecule has 6 heteroatoms. The zero-order valence-electron chi connectivity index (χ0n) is 9.26. The van der Waals surface area contributed by atoms with Gasteiger partial charge in [0.1, 0.15) is 12.7 Å². The zero-order chi connectivity index (χ0) is 12.7. The van der Waals surface area contributed by atoms with Crippen molar-refractivity contribution in [2.45, 2.75) is 6.10 Å². The number of hydrogen-bond acceptors (Lipinski definition) is 5. The topological polar surface area (TPSA) is 91.9 Å². The molecule has 1 unspecified atom stereocenters. The van der Waals surface area contributed by atoms with Gasteiger partial charge in [-0.05, 0) is 0 Å². The number of carboxylic acid groups (broad SMARTS) is 1. The maximum atomic E-state index is 10.7. The summed E-state index contributed by atoms with van der Waals surface area (Å²) in [5.74, 6) is -1.36. The van der Waals surface area contributed by atoms with Crippen molar-refractivity contribution < 1.29 is 24.2 Å². The van der Waals surface area contributed by atoms with Gasteiger partial charge in [-0.15, -0.1) is 6.58 Å². The first-order valence-corrected chi connectivity index (χ1v) is 5.08. The number of aromatic carboxylic acids is 1. The first-order valence-electron chi connectivity index (χ1n) is 5.08. The standard InChI is InChI=1S/C11H15NO5/c1-2-4-12-6-8(13)7-17-9-3-5-16-10(9)11(14)15/h2-3,5,8,12-13H,1,4,6-7H2,(H,14,15). The smallest absolute Gasteiger partial charge is 0.375 e. The minimum absolute atomic E-state index is 0.00996. The van der Waals surface area contributed by atoms with E-state index >= 15 is 0 Å². The lowest BCUT2D eigenvalue weighted by Crippen LogP contribution is -2.31. The lowest BCUT2D eigenvalue weighted by molar-refractivity contribution is 0.0645. The Kier molecular flexibility index (Phi) is 5.25. The molecule has 0 bridgehead atoms. The molecule has 94 valence electrons. The molecule has 0 aliphatic heterocycles. The number of aliphatic hydroxyl groups excluding tert-OH is 1. The van der Waals surface area contributed by atoms with E-state index in [1.807, 2.05) is 0 Å². The number of aliphatic hydroxyl groups is 1. The molecule has 0 aliphatic rings. The van der Waals surface area contributed by atoms with Crippen LogP contribution in [-0.2, 0) is 0 Å². The van der Waals surface area contributed by atoms with Gasteiger partial charge in [-0.2, -0.15) is 0 Å². The van der Waals surface area contributed by atoms with Crippen molar-refractivity contribution in [2.75, 3.05) is 19.7 Å².